The Morgan fingerprint density at radius 2 is 1.96 bits per heavy atom. The van der Waals surface area contributed by atoms with Crippen molar-refractivity contribution in [2.45, 2.75) is 11.8 Å². The minimum Gasteiger partial charge on any atom is -0.454 e. The van der Waals surface area contributed by atoms with Crippen molar-refractivity contribution in [1.29, 1.82) is 0 Å². The van der Waals surface area contributed by atoms with Crippen molar-refractivity contribution in [2.75, 3.05) is 13.8 Å². The Labute approximate surface area is 157 Å². The van der Waals surface area contributed by atoms with E-state index in [-0.39, 0.29) is 11.7 Å². The summed E-state index contributed by atoms with van der Waals surface area (Å²) in [6.07, 6.45) is 3.60. The fourth-order valence-corrected chi connectivity index (χ4v) is 4.09. The Morgan fingerprint density at radius 3 is 2.81 bits per heavy atom. The first-order valence-corrected chi connectivity index (χ1v) is 9.68. The largest absolute Gasteiger partial charge is 0.454 e. The van der Waals surface area contributed by atoms with Gasteiger partial charge in [-0.15, -0.1) is 4.40 Å². The third-order valence-electron chi connectivity index (χ3n) is 4.14. The molecule has 0 bridgehead atoms. The monoisotopic (exact) mass is 383 g/mol. The molecule has 2 aliphatic heterocycles. The average molecular weight is 383 g/mol. The van der Waals surface area contributed by atoms with Crippen molar-refractivity contribution in [3.8, 4) is 11.5 Å². The number of sulfonamides is 1. The van der Waals surface area contributed by atoms with Crippen LogP contribution in [0.15, 0.2) is 62.4 Å². The minimum absolute atomic E-state index is 0.203. The van der Waals surface area contributed by atoms with E-state index >= 15 is 0 Å². The topological polar surface area (TPSA) is 80.6 Å². The van der Waals surface area contributed by atoms with Gasteiger partial charge in [0, 0.05) is 12.6 Å². The van der Waals surface area contributed by atoms with Crippen LogP contribution >= 0.6 is 0 Å². The number of rotatable bonds is 3. The van der Waals surface area contributed by atoms with Crippen molar-refractivity contribution in [3.63, 3.8) is 0 Å². The van der Waals surface area contributed by atoms with Gasteiger partial charge in [0.1, 0.15) is 4.90 Å². The Morgan fingerprint density at radius 1 is 1.19 bits per heavy atom. The van der Waals surface area contributed by atoms with Crippen molar-refractivity contribution >= 4 is 28.1 Å². The Kier molecular flexibility index (Phi) is 4.19. The van der Waals surface area contributed by atoms with Crippen LogP contribution in [-0.2, 0) is 10.0 Å². The quantitative estimate of drug-likeness (QED) is 0.601. The molecule has 7 nitrogen and oxygen atoms in total. The first kappa shape index (κ1) is 17.3. The van der Waals surface area contributed by atoms with Gasteiger partial charge in [0.05, 0.1) is 6.21 Å². The van der Waals surface area contributed by atoms with E-state index in [1.54, 1.807) is 37.5 Å². The molecule has 2 aromatic carbocycles. The van der Waals surface area contributed by atoms with Crippen LogP contribution in [0.1, 0.15) is 18.1 Å². The van der Waals surface area contributed by atoms with E-state index in [2.05, 4.69) is 9.50 Å². The second-order valence-electron chi connectivity index (χ2n) is 6.16. The molecule has 0 saturated heterocycles. The SMILES string of the molecule is CC(/C=N/N(C)C1=NS(=O)(=O)c2ccccc21)=C\c1ccc2c(c1)OCO2. The maximum absolute atomic E-state index is 12.1. The number of hydrogen-bond acceptors (Lipinski definition) is 6. The summed E-state index contributed by atoms with van der Waals surface area (Å²) >= 11 is 0. The van der Waals surface area contributed by atoms with Crippen LogP contribution in [0.4, 0.5) is 0 Å². The number of amidine groups is 1. The first-order valence-electron chi connectivity index (χ1n) is 8.24. The fourth-order valence-electron chi connectivity index (χ4n) is 2.86. The molecule has 138 valence electrons. The van der Waals surface area contributed by atoms with E-state index < -0.39 is 10.0 Å². The van der Waals surface area contributed by atoms with E-state index in [0.29, 0.717) is 17.1 Å². The Bertz CT molecular complexity index is 1100. The lowest BCUT2D eigenvalue weighted by Gasteiger charge is -2.12. The molecule has 4 rings (SSSR count). The van der Waals surface area contributed by atoms with Gasteiger partial charge in [-0.05, 0) is 42.3 Å². The third kappa shape index (κ3) is 3.31. The zero-order valence-corrected chi connectivity index (χ0v) is 15.6. The summed E-state index contributed by atoms with van der Waals surface area (Å²) in [5.74, 6) is 1.75. The van der Waals surface area contributed by atoms with Gasteiger partial charge in [0.2, 0.25) is 6.79 Å². The summed E-state index contributed by atoms with van der Waals surface area (Å²) in [5, 5.41) is 5.79. The van der Waals surface area contributed by atoms with Gasteiger partial charge in [-0.2, -0.15) is 13.5 Å². The molecular weight excluding hydrogens is 366 g/mol. The van der Waals surface area contributed by atoms with Crippen molar-refractivity contribution in [3.05, 3.63) is 59.2 Å². The molecule has 0 amide bonds. The standard InChI is InChI=1S/C19H17N3O4S/c1-13(9-14-7-8-16-17(10-14)26-12-25-16)11-20-22(2)19-15-5-3-4-6-18(15)27(23,24)21-19/h3-11H,12H2,1-2H3/b13-9+,20-11+. The van der Waals surface area contributed by atoms with Crippen LogP contribution in [0.5, 0.6) is 11.5 Å². The number of hydrogen-bond donors (Lipinski definition) is 0. The van der Waals surface area contributed by atoms with Crippen molar-refractivity contribution in [2.24, 2.45) is 9.50 Å². The molecule has 0 aromatic heterocycles. The smallest absolute Gasteiger partial charge is 0.285 e. The second-order valence-corrected chi connectivity index (χ2v) is 7.73. The first-order chi connectivity index (χ1) is 12.9. The van der Waals surface area contributed by atoms with Gasteiger partial charge >= 0.3 is 0 Å². The van der Waals surface area contributed by atoms with E-state index in [4.69, 9.17) is 9.47 Å². The number of fused-ring (bicyclic) bond motifs is 2. The summed E-state index contributed by atoms with van der Waals surface area (Å²) in [6.45, 7) is 2.14. The van der Waals surface area contributed by atoms with Crippen LogP contribution in [-0.4, -0.2) is 39.3 Å². The fraction of sp³-hybridized carbons (Fsp3) is 0.158. The lowest BCUT2D eigenvalue weighted by atomic mass is 10.1. The zero-order valence-electron chi connectivity index (χ0n) is 14.8. The predicted molar refractivity (Wildman–Crippen MR) is 103 cm³/mol. The highest BCUT2D eigenvalue weighted by atomic mass is 32.2. The van der Waals surface area contributed by atoms with Crippen LogP contribution in [0.25, 0.3) is 6.08 Å². The molecule has 0 fully saturated rings. The molecule has 0 spiro atoms. The molecule has 0 aliphatic carbocycles. The van der Waals surface area contributed by atoms with E-state index in [0.717, 1.165) is 16.9 Å². The van der Waals surface area contributed by atoms with Crippen LogP contribution in [0, 0.1) is 0 Å². The van der Waals surface area contributed by atoms with Gasteiger partial charge in [-0.3, -0.25) is 0 Å². The summed E-state index contributed by atoms with van der Waals surface area (Å²) in [6, 6.07) is 12.4. The molecule has 0 unspecified atom stereocenters. The Hall–Kier alpha value is -3.13. The zero-order chi connectivity index (χ0) is 19.0. The molecular formula is C19H17N3O4S. The Balaban J connectivity index is 1.54. The maximum atomic E-state index is 12.1. The molecule has 0 atom stereocenters. The maximum Gasteiger partial charge on any atom is 0.285 e. The van der Waals surface area contributed by atoms with E-state index in [1.807, 2.05) is 31.2 Å². The molecule has 2 aliphatic rings. The molecule has 0 N–H and O–H groups in total. The van der Waals surface area contributed by atoms with Crippen LogP contribution < -0.4 is 9.47 Å². The molecule has 8 heteroatoms. The molecule has 0 radical (unpaired) electrons. The molecule has 2 aromatic rings. The highest BCUT2D eigenvalue weighted by Gasteiger charge is 2.30. The van der Waals surface area contributed by atoms with Gasteiger partial charge in [0.25, 0.3) is 10.0 Å². The minimum atomic E-state index is -3.66. The lowest BCUT2D eigenvalue weighted by molar-refractivity contribution is 0.174. The van der Waals surface area contributed by atoms with Gasteiger partial charge in [-0.1, -0.05) is 24.3 Å². The van der Waals surface area contributed by atoms with E-state index in [1.165, 1.54) is 5.01 Å². The van der Waals surface area contributed by atoms with Crippen molar-refractivity contribution in [1.82, 2.24) is 5.01 Å². The van der Waals surface area contributed by atoms with Crippen LogP contribution in [0.2, 0.25) is 0 Å². The number of benzene rings is 2. The molecule has 27 heavy (non-hydrogen) atoms. The summed E-state index contributed by atoms with van der Waals surface area (Å²) in [7, 11) is -1.99. The van der Waals surface area contributed by atoms with Gasteiger partial charge in [-0.25, -0.2) is 5.01 Å². The normalized spacial score (nSPS) is 17.1. The number of hydrazone groups is 1. The third-order valence-corrected chi connectivity index (χ3v) is 5.47. The highest BCUT2D eigenvalue weighted by Crippen LogP contribution is 2.33. The average Bonchev–Trinajstić information content (AvgIpc) is 3.22. The van der Waals surface area contributed by atoms with Crippen LogP contribution in [0.3, 0.4) is 0 Å². The summed E-state index contributed by atoms with van der Waals surface area (Å²) in [4.78, 5) is 0.203. The molecule has 2 heterocycles. The van der Waals surface area contributed by atoms with E-state index in [9.17, 15) is 8.42 Å². The summed E-state index contributed by atoms with van der Waals surface area (Å²) in [5.41, 5.74) is 2.39. The predicted octanol–water partition coefficient (Wildman–Crippen LogP) is 2.89. The summed E-state index contributed by atoms with van der Waals surface area (Å²) < 4.78 is 38.8. The lowest BCUT2D eigenvalue weighted by Crippen LogP contribution is -2.21. The van der Waals surface area contributed by atoms with Gasteiger partial charge < -0.3 is 9.47 Å². The molecule has 0 saturated carbocycles. The van der Waals surface area contributed by atoms with Crippen molar-refractivity contribution < 1.29 is 17.9 Å². The highest BCUT2D eigenvalue weighted by molar-refractivity contribution is 7.90. The number of nitrogens with zero attached hydrogens (tertiary/aromatic N) is 3. The number of allylic oxidation sites excluding steroid dienone is 1. The van der Waals surface area contributed by atoms with Gasteiger partial charge in [0.15, 0.2) is 17.3 Å². The second kappa shape index (κ2) is 6.55. The number of ether oxygens (including phenoxy) is 2.